The highest BCUT2D eigenvalue weighted by Crippen LogP contribution is 2.25. The van der Waals surface area contributed by atoms with Crippen LogP contribution in [-0.2, 0) is 0 Å². The minimum absolute atomic E-state index is 0.195. The third-order valence-corrected chi connectivity index (χ3v) is 4.04. The molecule has 0 bridgehead atoms. The van der Waals surface area contributed by atoms with Crippen LogP contribution in [0.1, 0.15) is 18.4 Å². The molecule has 2 rings (SSSR count). The van der Waals surface area contributed by atoms with E-state index >= 15 is 0 Å². The summed E-state index contributed by atoms with van der Waals surface area (Å²) in [6.07, 6.45) is 1.45. The van der Waals surface area contributed by atoms with E-state index in [0.717, 1.165) is 29.9 Å². The number of aliphatic hydroxyl groups is 1. The van der Waals surface area contributed by atoms with Crippen molar-refractivity contribution in [1.29, 1.82) is 0 Å². The van der Waals surface area contributed by atoms with Crippen LogP contribution in [-0.4, -0.2) is 35.4 Å². The van der Waals surface area contributed by atoms with Gasteiger partial charge in [0.1, 0.15) is 12.4 Å². The van der Waals surface area contributed by atoms with E-state index in [1.54, 1.807) is 0 Å². The Bertz CT molecular complexity index is 467. The van der Waals surface area contributed by atoms with Crippen molar-refractivity contribution >= 4 is 11.8 Å². The number of hydrogen-bond donors (Lipinski definition) is 2. The zero-order chi connectivity index (χ0) is 13.5. The standard InChI is InChI=1S/C15H19NO2S/c16-7-8-18-14-3-1-2-12(10-14)4-5-15-11-13(17)6-9-19-15/h1-3,10,13,15,17H,6-9,11,16H2. The predicted molar refractivity (Wildman–Crippen MR) is 79.4 cm³/mol. The van der Waals surface area contributed by atoms with Crippen molar-refractivity contribution in [3.63, 3.8) is 0 Å². The Balaban J connectivity index is 1.98. The molecular weight excluding hydrogens is 258 g/mol. The molecule has 3 N–H and O–H groups in total. The first-order chi connectivity index (χ1) is 9.28. The molecule has 1 fully saturated rings. The van der Waals surface area contributed by atoms with Gasteiger partial charge in [-0.25, -0.2) is 0 Å². The molecule has 1 aromatic rings. The maximum atomic E-state index is 9.61. The van der Waals surface area contributed by atoms with Gasteiger partial charge < -0.3 is 15.6 Å². The predicted octanol–water partition coefficient (Wildman–Crippen LogP) is 1.63. The van der Waals surface area contributed by atoms with Crippen molar-refractivity contribution in [1.82, 2.24) is 0 Å². The molecule has 2 atom stereocenters. The Morgan fingerprint density at radius 1 is 1.47 bits per heavy atom. The first-order valence-corrected chi connectivity index (χ1v) is 7.57. The summed E-state index contributed by atoms with van der Waals surface area (Å²) in [5, 5.41) is 9.84. The second kappa shape index (κ2) is 7.44. The Labute approximate surface area is 118 Å². The molecule has 2 unspecified atom stereocenters. The normalized spacial score (nSPS) is 22.4. The molecule has 0 saturated carbocycles. The molecule has 0 amide bonds. The molecule has 4 heteroatoms. The van der Waals surface area contributed by atoms with Gasteiger partial charge in [0.15, 0.2) is 0 Å². The fourth-order valence-electron chi connectivity index (χ4n) is 1.88. The molecule has 3 nitrogen and oxygen atoms in total. The number of nitrogens with two attached hydrogens (primary N) is 1. The fraction of sp³-hybridized carbons (Fsp3) is 0.467. The molecule has 1 aromatic carbocycles. The second-order valence-corrected chi connectivity index (χ2v) is 5.78. The lowest BCUT2D eigenvalue weighted by atomic mass is 10.1. The minimum atomic E-state index is -0.195. The summed E-state index contributed by atoms with van der Waals surface area (Å²) in [6, 6.07) is 7.72. The highest BCUT2D eigenvalue weighted by atomic mass is 32.2. The molecular formula is C15H19NO2S. The molecule has 0 aliphatic carbocycles. The summed E-state index contributed by atoms with van der Waals surface area (Å²) in [5.74, 6) is 8.17. The van der Waals surface area contributed by atoms with Gasteiger partial charge >= 0.3 is 0 Å². The lowest BCUT2D eigenvalue weighted by Crippen LogP contribution is -2.20. The lowest BCUT2D eigenvalue weighted by molar-refractivity contribution is 0.161. The largest absolute Gasteiger partial charge is 0.492 e. The number of hydrogen-bond acceptors (Lipinski definition) is 4. The van der Waals surface area contributed by atoms with Gasteiger partial charge in [-0.3, -0.25) is 0 Å². The van der Waals surface area contributed by atoms with Gasteiger partial charge in [0.2, 0.25) is 0 Å². The average Bonchev–Trinajstić information content (AvgIpc) is 2.43. The maximum Gasteiger partial charge on any atom is 0.120 e. The molecule has 0 radical (unpaired) electrons. The van der Waals surface area contributed by atoms with Gasteiger partial charge in [-0.2, -0.15) is 0 Å². The number of ether oxygens (including phenoxy) is 1. The van der Waals surface area contributed by atoms with Crippen LogP contribution in [0.15, 0.2) is 24.3 Å². The number of benzene rings is 1. The quantitative estimate of drug-likeness (QED) is 0.825. The van der Waals surface area contributed by atoms with Crippen molar-refractivity contribution in [2.75, 3.05) is 18.9 Å². The number of aliphatic hydroxyl groups excluding tert-OH is 1. The molecule has 0 aromatic heterocycles. The third kappa shape index (κ3) is 4.79. The zero-order valence-corrected chi connectivity index (χ0v) is 11.7. The first-order valence-electron chi connectivity index (χ1n) is 6.52. The fourth-order valence-corrected chi connectivity index (χ4v) is 3.08. The van der Waals surface area contributed by atoms with Gasteiger partial charge in [0, 0.05) is 12.1 Å². The summed E-state index contributed by atoms with van der Waals surface area (Å²) in [5.41, 5.74) is 6.34. The van der Waals surface area contributed by atoms with Crippen LogP contribution >= 0.6 is 11.8 Å². The highest BCUT2D eigenvalue weighted by molar-refractivity contribution is 8.00. The van der Waals surface area contributed by atoms with E-state index in [9.17, 15) is 5.11 Å². The van der Waals surface area contributed by atoms with Crippen LogP contribution in [0, 0.1) is 11.8 Å². The SMILES string of the molecule is NCCOc1cccc(C#CC2CC(O)CCS2)c1. The van der Waals surface area contributed by atoms with E-state index in [1.807, 2.05) is 36.0 Å². The van der Waals surface area contributed by atoms with E-state index in [4.69, 9.17) is 10.5 Å². The van der Waals surface area contributed by atoms with Crippen LogP contribution in [0.25, 0.3) is 0 Å². The Kier molecular flexibility index (Phi) is 5.59. The molecule has 19 heavy (non-hydrogen) atoms. The smallest absolute Gasteiger partial charge is 0.120 e. The molecule has 1 heterocycles. The van der Waals surface area contributed by atoms with Gasteiger partial charge in [-0.05, 0) is 36.8 Å². The van der Waals surface area contributed by atoms with E-state index in [0.29, 0.717) is 13.2 Å². The summed E-state index contributed by atoms with van der Waals surface area (Å²) in [4.78, 5) is 0. The van der Waals surface area contributed by atoms with Gasteiger partial charge in [0.25, 0.3) is 0 Å². The average molecular weight is 277 g/mol. The topological polar surface area (TPSA) is 55.5 Å². The Morgan fingerprint density at radius 2 is 2.37 bits per heavy atom. The van der Waals surface area contributed by atoms with Crippen molar-refractivity contribution in [2.45, 2.75) is 24.2 Å². The van der Waals surface area contributed by atoms with Crippen molar-refractivity contribution in [2.24, 2.45) is 5.73 Å². The van der Waals surface area contributed by atoms with Crippen LogP contribution in [0.2, 0.25) is 0 Å². The third-order valence-electron chi connectivity index (χ3n) is 2.85. The van der Waals surface area contributed by atoms with E-state index in [1.165, 1.54) is 0 Å². The van der Waals surface area contributed by atoms with E-state index < -0.39 is 0 Å². The zero-order valence-electron chi connectivity index (χ0n) is 10.8. The summed E-state index contributed by atoms with van der Waals surface area (Å²) >= 11 is 1.82. The Morgan fingerprint density at radius 3 is 3.16 bits per heavy atom. The van der Waals surface area contributed by atoms with Crippen LogP contribution in [0.4, 0.5) is 0 Å². The first kappa shape index (κ1) is 14.3. The van der Waals surface area contributed by atoms with Gasteiger partial charge in [-0.1, -0.05) is 17.9 Å². The number of rotatable bonds is 3. The molecule has 102 valence electrons. The van der Waals surface area contributed by atoms with Crippen LogP contribution in [0.3, 0.4) is 0 Å². The molecule has 1 saturated heterocycles. The van der Waals surface area contributed by atoms with Crippen LogP contribution in [0.5, 0.6) is 5.75 Å². The van der Waals surface area contributed by atoms with Crippen molar-refractivity contribution in [3.8, 4) is 17.6 Å². The Hall–Kier alpha value is -1.15. The minimum Gasteiger partial charge on any atom is -0.492 e. The van der Waals surface area contributed by atoms with Gasteiger partial charge in [-0.15, -0.1) is 11.8 Å². The summed E-state index contributed by atoms with van der Waals surface area (Å²) in [7, 11) is 0. The lowest BCUT2D eigenvalue weighted by Gasteiger charge is -2.21. The number of thioether (sulfide) groups is 1. The summed E-state index contributed by atoms with van der Waals surface area (Å²) in [6.45, 7) is 1.02. The molecule has 0 spiro atoms. The maximum absolute atomic E-state index is 9.61. The summed E-state index contributed by atoms with van der Waals surface area (Å²) < 4.78 is 5.47. The monoisotopic (exact) mass is 277 g/mol. The molecule has 1 aliphatic rings. The van der Waals surface area contributed by atoms with Crippen molar-refractivity contribution in [3.05, 3.63) is 29.8 Å². The van der Waals surface area contributed by atoms with E-state index in [2.05, 4.69) is 11.8 Å². The molecule has 1 aliphatic heterocycles. The second-order valence-electron chi connectivity index (χ2n) is 4.47. The van der Waals surface area contributed by atoms with Crippen LogP contribution < -0.4 is 10.5 Å². The highest BCUT2D eigenvalue weighted by Gasteiger charge is 2.18. The van der Waals surface area contributed by atoms with Crippen molar-refractivity contribution < 1.29 is 9.84 Å². The van der Waals surface area contributed by atoms with Gasteiger partial charge in [0.05, 0.1) is 11.4 Å². The van der Waals surface area contributed by atoms with E-state index in [-0.39, 0.29) is 11.4 Å².